The van der Waals surface area contributed by atoms with Crippen molar-refractivity contribution >= 4 is 5.78 Å². The number of aliphatic hydroxyl groups excluding tert-OH is 2. The molecule has 0 aliphatic rings. The third-order valence-corrected chi connectivity index (χ3v) is 4.92. The van der Waals surface area contributed by atoms with Gasteiger partial charge in [-0.1, -0.05) is 60.7 Å². The van der Waals surface area contributed by atoms with Gasteiger partial charge in [0.15, 0.2) is 23.2 Å². The van der Waals surface area contributed by atoms with Crippen molar-refractivity contribution in [2.45, 2.75) is 18.1 Å². The Morgan fingerprint density at radius 1 is 0.774 bits per heavy atom. The van der Waals surface area contributed by atoms with Crippen LogP contribution < -0.4 is 4.74 Å². The fourth-order valence-electron chi connectivity index (χ4n) is 3.40. The Hall–Kier alpha value is -3.23. The molecule has 2 N–H and O–H groups in total. The van der Waals surface area contributed by atoms with Crippen molar-refractivity contribution in [1.82, 2.24) is 0 Å². The smallest absolute Gasteiger partial charge is 0.204 e. The summed E-state index contributed by atoms with van der Waals surface area (Å²) >= 11 is 0. The molecular weight excluding hydrogens is 416 g/mol. The first-order valence-corrected chi connectivity index (χ1v) is 9.19. The van der Waals surface area contributed by atoms with Gasteiger partial charge in [-0.3, -0.25) is 4.79 Å². The van der Waals surface area contributed by atoms with Crippen LogP contribution in [-0.2, 0) is 0 Å². The fraction of sp³-hybridized carbons (Fsp3) is 0.174. The number of ketones is 1. The largest absolute Gasteiger partial charge is 0.491 e. The number of Topliss-reactive ketones (excluding diaryl/α,β-unsaturated/α-hetero) is 1. The molecule has 3 rings (SSSR count). The van der Waals surface area contributed by atoms with Gasteiger partial charge in [0, 0.05) is 5.92 Å². The number of ether oxygens (including phenoxy) is 1. The lowest BCUT2D eigenvalue weighted by atomic mass is 9.82. The van der Waals surface area contributed by atoms with Crippen LogP contribution in [-0.4, -0.2) is 35.3 Å². The minimum Gasteiger partial charge on any atom is -0.491 e. The quantitative estimate of drug-likeness (QED) is 0.335. The van der Waals surface area contributed by atoms with E-state index in [1.54, 1.807) is 60.7 Å². The highest BCUT2D eigenvalue weighted by Crippen LogP contribution is 2.33. The highest BCUT2D eigenvalue weighted by atomic mass is 19.2. The van der Waals surface area contributed by atoms with Crippen LogP contribution >= 0.6 is 0 Å². The third kappa shape index (κ3) is 4.17. The van der Waals surface area contributed by atoms with Crippen molar-refractivity contribution < 1.29 is 37.3 Å². The predicted molar refractivity (Wildman–Crippen MR) is 104 cm³/mol. The van der Waals surface area contributed by atoms with Gasteiger partial charge in [-0.15, -0.1) is 0 Å². The first kappa shape index (κ1) is 22.5. The highest BCUT2D eigenvalue weighted by Gasteiger charge is 2.38. The Morgan fingerprint density at radius 3 is 1.58 bits per heavy atom. The molecule has 3 aromatic carbocycles. The molecule has 3 aromatic rings. The van der Waals surface area contributed by atoms with Crippen molar-refractivity contribution in [3.05, 3.63) is 101 Å². The minimum atomic E-state index is -2.39. The number of benzene rings is 3. The average Bonchev–Trinajstić information content (AvgIpc) is 2.79. The molecule has 4 nitrogen and oxygen atoms in total. The maximum absolute atomic E-state index is 14.3. The molecule has 0 unspecified atom stereocenters. The minimum absolute atomic E-state index is 0.501. The molecule has 0 aliphatic heterocycles. The van der Waals surface area contributed by atoms with E-state index in [0.29, 0.717) is 11.1 Å². The van der Waals surface area contributed by atoms with E-state index >= 15 is 0 Å². The summed E-state index contributed by atoms with van der Waals surface area (Å²) in [5.74, 6) is -11.9. The van der Waals surface area contributed by atoms with Crippen molar-refractivity contribution in [3.63, 3.8) is 0 Å². The summed E-state index contributed by atoms with van der Waals surface area (Å²) < 4.78 is 61.0. The summed E-state index contributed by atoms with van der Waals surface area (Å²) in [5.41, 5.74) is -0.635. The van der Waals surface area contributed by atoms with Crippen LogP contribution in [0.1, 0.15) is 27.4 Å². The van der Waals surface area contributed by atoms with Gasteiger partial charge in [0.2, 0.25) is 11.6 Å². The molecule has 31 heavy (non-hydrogen) atoms. The Balaban J connectivity index is 2.05. The van der Waals surface area contributed by atoms with Gasteiger partial charge in [-0.05, 0) is 11.1 Å². The molecule has 162 valence electrons. The molecule has 0 fully saturated rings. The first-order chi connectivity index (χ1) is 14.8. The topological polar surface area (TPSA) is 66.8 Å². The van der Waals surface area contributed by atoms with E-state index in [2.05, 4.69) is 4.74 Å². The maximum atomic E-state index is 14.3. The summed E-state index contributed by atoms with van der Waals surface area (Å²) in [6.07, 6.45) is -4.27. The molecule has 0 saturated carbocycles. The van der Waals surface area contributed by atoms with E-state index in [0.717, 1.165) is 7.11 Å². The molecule has 0 aromatic heterocycles. The van der Waals surface area contributed by atoms with Crippen LogP contribution in [0.15, 0.2) is 60.7 Å². The lowest BCUT2D eigenvalue weighted by Crippen LogP contribution is -2.39. The summed E-state index contributed by atoms with van der Waals surface area (Å²) in [4.78, 5) is 12.6. The summed E-state index contributed by atoms with van der Waals surface area (Å²) in [5, 5.41) is 21.3. The number of aliphatic hydroxyl groups is 2. The number of carbonyl (C=O) groups excluding carboxylic acids is 1. The van der Waals surface area contributed by atoms with Gasteiger partial charge in [-0.25, -0.2) is 8.78 Å². The zero-order valence-electron chi connectivity index (χ0n) is 16.2. The van der Waals surface area contributed by atoms with Crippen LogP contribution in [0.5, 0.6) is 5.75 Å². The second kappa shape index (κ2) is 9.28. The molecule has 0 bridgehead atoms. The number of carbonyl (C=O) groups is 1. The van der Waals surface area contributed by atoms with E-state index < -0.39 is 58.5 Å². The lowest BCUT2D eigenvalue weighted by Gasteiger charge is -2.27. The summed E-state index contributed by atoms with van der Waals surface area (Å²) in [6.45, 7) is 0. The van der Waals surface area contributed by atoms with E-state index in [9.17, 15) is 32.6 Å². The van der Waals surface area contributed by atoms with Crippen molar-refractivity contribution in [1.29, 1.82) is 0 Å². The second-order valence-corrected chi connectivity index (χ2v) is 6.76. The van der Waals surface area contributed by atoms with Gasteiger partial charge >= 0.3 is 0 Å². The average molecular weight is 434 g/mol. The number of rotatable bonds is 7. The molecule has 0 aliphatic carbocycles. The fourth-order valence-corrected chi connectivity index (χ4v) is 3.40. The van der Waals surface area contributed by atoms with Gasteiger partial charge in [0.25, 0.3) is 0 Å². The molecular formula is C23H18F4O4. The predicted octanol–water partition coefficient (Wildman–Crippen LogP) is 3.99. The van der Waals surface area contributed by atoms with Crippen molar-refractivity contribution in [2.24, 2.45) is 0 Å². The zero-order valence-corrected chi connectivity index (χ0v) is 16.2. The van der Waals surface area contributed by atoms with E-state index in [1.165, 1.54) is 0 Å². The number of methoxy groups -OCH3 is 1. The maximum Gasteiger partial charge on any atom is 0.204 e. The van der Waals surface area contributed by atoms with Crippen LogP contribution in [0.3, 0.4) is 0 Å². The van der Waals surface area contributed by atoms with Crippen molar-refractivity contribution in [3.8, 4) is 5.75 Å². The molecule has 0 saturated heterocycles. The monoisotopic (exact) mass is 434 g/mol. The summed E-state index contributed by atoms with van der Waals surface area (Å²) in [6, 6.07) is 16.6. The normalized spacial score (nSPS) is 13.2. The van der Waals surface area contributed by atoms with Gasteiger partial charge in [0.05, 0.1) is 18.8 Å². The molecule has 0 radical (unpaired) electrons. The first-order valence-electron chi connectivity index (χ1n) is 9.19. The lowest BCUT2D eigenvalue weighted by molar-refractivity contribution is 0.0137. The molecule has 0 spiro atoms. The Kier molecular flexibility index (Phi) is 6.72. The number of hydrogen-bond acceptors (Lipinski definition) is 4. The highest BCUT2D eigenvalue weighted by molar-refractivity contribution is 6.00. The third-order valence-electron chi connectivity index (χ3n) is 4.92. The van der Waals surface area contributed by atoms with Gasteiger partial charge < -0.3 is 14.9 Å². The van der Waals surface area contributed by atoms with Crippen LogP contribution in [0.25, 0.3) is 0 Å². The Labute approximate surface area is 175 Å². The molecule has 0 heterocycles. The van der Waals surface area contributed by atoms with E-state index in [4.69, 9.17) is 0 Å². The standard InChI is InChI=1S/C23H18F4O4/c1-31-23-18(26)16(24)15(17(25)19(23)27)21(29)22(30)20(28)14(12-8-4-2-5-9-12)13-10-6-3-7-11-13/h2-11,14,20,22,28,30H,1H3/t20-,22+/m1/s1. The Bertz CT molecular complexity index is 1010. The van der Waals surface area contributed by atoms with Gasteiger partial charge in [-0.2, -0.15) is 8.78 Å². The SMILES string of the molecule is COc1c(F)c(F)c(C(=O)[C@@H](O)[C@H](O)C(c2ccccc2)c2ccccc2)c(F)c1F. The van der Waals surface area contributed by atoms with Crippen LogP contribution in [0, 0.1) is 23.3 Å². The molecule has 2 atom stereocenters. The zero-order chi connectivity index (χ0) is 22.7. The van der Waals surface area contributed by atoms with E-state index in [-0.39, 0.29) is 0 Å². The van der Waals surface area contributed by atoms with Crippen LogP contribution in [0.4, 0.5) is 17.6 Å². The molecule has 8 heteroatoms. The number of halogens is 4. The van der Waals surface area contributed by atoms with Crippen molar-refractivity contribution in [2.75, 3.05) is 7.11 Å². The van der Waals surface area contributed by atoms with E-state index in [1.807, 2.05) is 0 Å². The molecule has 0 amide bonds. The Morgan fingerprint density at radius 2 is 1.19 bits per heavy atom. The number of hydrogen-bond donors (Lipinski definition) is 2. The summed E-state index contributed by atoms with van der Waals surface area (Å²) in [7, 11) is 0.796. The van der Waals surface area contributed by atoms with Crippen LogP contribution in [0.2, 0.25) is 0 Å². The second-order valence-electron chi connectivity index (χ2n) is 6.76. The van der Waals surface area contributed by atoms with Gasteiger partial charge in [0.1, 0.15) is 6.10 Å².